The van der Waals surface area contributed by atoms with Gasteiger partial charge < -0.3 is 10.0 Å². The monoisotopic (exact) mass is 259 g/mol. The molecule has 19 heavy (non-hydrogen) atoms. The second kappa shape index (κ2) is 5.85. The lowest BCUT2D eigenvalue weighted by Gasteiger charge is -2.22. The van der Waals surface area contributed by atoms with Crippen molar-refractivity contribution in [3.63, 3.8) is 0 Å². The highest BCUT2D eigenvalue weighted by Crippen LogP contribution is 2.28. The summed E-state index contributed by atoms with van der Waals surface area (Å²) in [6.45, 7) is 1.94. The van der Waals surface area contributed by atoms with Crippen LogP contribution in [0.25, 0.3) is 0 Å². The summed E-state index contributed by atoms with van der Waals surface area (Å²) < 4.78 is 13.2. The molecule has 0 aromatic heterocycles. The summed E-state index contributed by atoms with van der Waals surface area (Å²) in [4.78, 5) is 1.95. The van der Waals surface area contributed by atoms with Crippen molar-refractivity contribution in [3.8, 4) is 0 Å². The lowest BCUT2D eigenvalue weighted by atomic mass is 10.1. The lowest BCUT2D eigenvalue weighted by molar-refractivity contribution is 0.281. The summed E-state index contributed by atoms with van der Waals surface area (Å²) in [5.41, 5.74) is 3.69. The largest absolute Gasteiger partial charge is 0.392 e. The van der Waals surface area contributed by atoms with E-state index in [1.165, 1.54) is 17.7 Å². The Kier molecular flexibility index (Phi) is 4.17. The molecule has 0 amide bonds. The van der Waals surface area contributed by atoms with Gasteiger partial charge in [-0.15, -0.1) is 0 Å². The van der Waals surface area contributed by atoms with Crippen LogP contribution >= 0.6 is 0 Å². The molecule has 0 spiro atoms. The van der Waals surface area contributed by atoms with E-state index < -0.39 is 0 Å². The molecule has 0 saturated heterocycles. The number of halogens is 1. The third kappa shape index (κ3) is 2.93. The number of anilines is 2. The number of nitrogens with zero attached hydrogens (tertiary/aromatic N) is 1. The minimum Gasteiger partial charge on any atom is -0.392 e. The molecule has 2 aromatic rings. The molecular formula is C16H18FNO. The Morgan fingerprint density at radius 2 is 1.79 bits per heavy atom. The van der Waals surface area contributed by atoms with Crippen LogP contribution < -0.4 is 4.90 Å². The Labute approximate surface area is 113 Å². The van der Waals surface area contributed by atoms with Gasteiger partial charge in [0.1, 0.15) is 5.82 Å². The number of aryl methyl sites for hydroxylation is 1. The smallest absolute Gasteiger partial charge is 0.123 e. The normalized spacial score (nSPS) is 10.5. The zero-order valence-corrected chi connectivity index (χ0v) is 11.2. The topological polar surface area (TPSA) is 23.5 Å². The minimum atomic E-state index is -0.331. The number of hydrogen-bond acceptors (Lipinski definition) is 2. The summed E-state index contributed by atoms with van der Waals surface area (Å²) >= 11 is 0. The highest BCUT2D eigenvalue weighted by Gasteiger charge is 2.09. The van der Waals surface area contributed by atoms with Gasteiger partial charge in [0.2, 0.25) is 0 Å². The number of benzene rings is 2. The maximum Gasteiger partial charge on any atom is 0.123 e. The Morgan fingerprint density at radius 3 is 2.37 bits per heavy atom. The van der Waals surface area contributed by atoms with Gasteiger partial charge in [-0.1, -0.05) is 19.1 Å². The Balaban J connectivity index is 2.34. The predicted octanol–water partition coefficient (Wildman–Crippen LogP) is 3.65. The van der Waals surface area contributed by atoms with Crippen LogP contribution in [0.3, 0.4) is 0 Å². The van der Waals surface area contributed by atoms with E-state index in [1.807, 2.05) is 24.1 Å². The van der Waals surface area contributed by atoms with Crippen molar-refractivity contribution in [1.82, 2.24) is 0 Å². The quantitative estimate of drug-likeness (QED) is 0.906. The molecule has 2 aromatic carbocycles. The van der Waals surface area contributed by atoms with E-state index in [1.54, 1.807) is 6.07 Å². The van der Waals surface area contributed by atoms with Crippen LogP contribution in [0, 0.1) is 5.82 Å². The summed E-state index contributed by atoms with van der Waals surface area (Å²) in [6, 6.07) is 12.7. The van der Waals surface area contributed by atoms with Crippen molar-refractivity contribution in [1.29, 1.82) is 0 Å². The molecule has 0 bridgehead atoms. The van der Waals surface area contributed by atoms with Crippen LogP contribution in [0.1, 0.15) is 18.1 Å². The third-order valence-corrected chi connectivity index (χ3v) is 3.31. The van der Waals surface area contributed by atoms with Crippen LogP contribution in [-0.2, 0) is 13.0 Å². The average Bonchev–Trinajstić information content (AvgIpc) is 2.46. The summed E-state index contributed by atoms with van der Waals surface area (Å²) in [5.74, 6) is -0.331. The fraction of sp³-hybridized carbons (Fsp3) is 0.250. The van der Waals surface area contributed by atoms with Gasteiger partial charge in [-0.2, -0.15) is 0 Å². The fourth-order valence-electron chi connectivity index (χ4n) is 2.10. The van der Waals surface area contributed by atoms with E-state index in [2.05, 4.69) is 19.1 Å². The van der Waals surface area contributed by atoms with Crippen molar-refractivity contribution >= 4 is 11.4 Å². The number of aliphatic hydroxyl groups is 1. The Morgan fingerprint density at radius 1 is 1.11 bits per heavy atom. The maximum absolute atomic E-state index is 13.2. The van der Waals surface area contributed by atoms with Crippen molar-refractivity contribution in [2.24, 2.45) is 0 Å². The van der Waals surface area contributed by atoms with Gasteiger partial charge in [-0.05, 0) is 42.3 Å². The van der Waals surface area contributed by atoms with Gasteiger partial charge in [0.15, 0.2) is 0 Å². The van der Waals surface area contributed by atoms with E-state index in [4.69, 9.17) is 0 Å². The summed E-state index contributed by atoms with van der Waals surface area (Å²) in [7, 11) is 1.91. The summed E-state index contributed by atoms with van der Waals surface area (Å²) in [6.07, 6.45) is 1.00. The van der Waals surface area contributed by atoms with Gasteiger partial charge in [0.25, 0.3) is 0 Å². The highest BCUT2D eigenvalue weighted by molar-refractivity contribution is 5.65. The first kappa shape index (κ1) is 13.6. The van der Waals surface area contributed by atoms with Crippen LogP contribution in [0.15, 0.2) is 42.5 Å². The molecule has 0 heterocycles. The molecule has 0 unspecified atom stereocenters. The first-order valence-electron chi connectivity index (χ1n) is 6.37. The lowest BCUT2D eigenvalue weighted by Crippen LogP contribution is -2.12. The van der Waals surface area contributed by atoms with E-state index in [0.717, 1.165) is 17.8 Å². The summed E-state index contributed by atoms with van der Waals surface area (Å²) in [5, 5.41) is 9.33. The molecule has 0 radical (unpaired) electrons. The van der Waals surface area contributed by atoms with Crippen LogP contribution in [-0.4, -0.2) is 12.2 Å². The Hall–Kier alpha value is -1.87. The van der Waals surface area contributed by atoms with Gasteiger partial charge in [-0.25, -0.2) is 4.39 Å². The average molecular weight is 259 g/mol. The molecule has 0 saturated carbocycles. The molecule has 0 aliphatic rings. The van der Waals surface area contributed by atoms with Gasteiger partial charge in [-0.3, -0.25) is 0 Å². The van der Waals surface area contributed by atoms with E-state index in [-0.39, 0.29) is 12.4 Å². The van der Waals surface area contributed by atoms with Crippen LogP contribution in [0.5, 0.6) is 0 Å². The number of hydrogen-bond donors (Lipinski definition) is 1. The van der Waals surface area contributed by atoms with Crippen molar-refractivity contribution < 1.29 is 9.50 Å². The van der Waals surface area contributed by atoms with Crippen LogP contribution in [0.4, 0.5) is 15.8 Å². The van der Waals surface area contributed by atoms with Crippen molar-refractivity contribution in [3.05, 3.63) is 59.4 Å². The van der Waals surface area contributed by atoms with Crippen molar-refractivity contribution in [2.75, 3.05) is 11.9 Å². The molecule has 0 fully saturated rings. The molecule has 100 valence electrons. The molecular weight excluding hydrogens is 241 g/mol. The molecule has 0 aliphatic heterocycles. The highest BCUT2D eigenvalue weighted by atomic mass is 19.1. The SMILES string of the molecule is CCc1ccc(N(C)c2ccc(F)cc2CO)cc1. The molecule has 3 heteroatoms. The molecule has 0 atom stereocenters. The third-order valence-electron chi connectivity index (χ3n) is 3.31. The molecule has 2 rings (SSSR count). The van der Waals surface area contributed by atoms with E-state index in [0.29, 0.717) is 5.56 Å². The van der Waals surface area contributed by atoms with Gasteiger partial charge in [0.05, 0.1) is 6.61 Å². The predicted molar refractivity (Wildman–Crippen MR) is 76.2 cm³/mol. The number of aliphatic hydroxyl groups excluding tert-OH is 1. The number of rotatable bonds is 4. The van der Waals surface area contributed by atoms with E-state index in [9.17, 15) is 9.50 Å². The Bertz CT molecular complexity index is 551. The van der Waals surface area contributed by atoms with Crippen LogP contribution in [0.2, 0.25) is 0 Å². The first-order valence-corrected chi connectivity index (χ1v) is 6.37. The minimum absolute atomic E-state index is 0.176. The molecule has 1 N–H and O–H groups in total. The van der Waals surface area contributed by atoms with E-state index >= 15 is 0 Å². The first-order chi connectivity index (χ1) is 9.15. The van der Waals surface area contributed by atoms with Crippen molar-refractivity contribution in [2.45, 2.75) is 20.0 Å². The van der Waals surface area contributed by atoms with Gasteiger partial charge in [0, 0.05) is 24.0 Å². The standard InChI is InChI=1S/C16H18FNO/c1-3-12-4-7-15(8-5-12)18(2)16-9-6-14(17)10-13(16)11-19/h4-10,19H,3,11H2,1-2H3. The molecule has 2 nitrogen and oxygen atoms in total. The zero-order valence-electron chi connectivity index (χ0n) is 11.2. The molecule has 0 aliphatic carbocycles. The second-order valence-corrected chi connectivity index (χ2v) is 4.51. The zero-order chi connectivity index (χ0) is 13.8. The maximum atomic E-state index is 13.2. The fourth-order valence-corrected chi connectivity index (χ4v) is 2.10. The van der Waals surface area contributed by atoms with Gasteiger partial charge >= 0.3 is 0 Å². The second-order valence-electron chi connectivity index (χ2n) is 4.51.